The van der Waals surface area contributed by atoms with Gasteiger partial charge < -0.3 is 5.53 Å². The van der Waals surface area contributed by atoms with Gasteiger partial charge in [0.2, 0.25) is 11.4 Å². The van der Waals surface area contributed by atoms with Crippen LogP contribution in [0.25, 0.3) is 16.9 Å². The molecule has 0 saturated heterocycles. The molecule has 0 unspecified atom stereocenters. The van der Waals surface area contributed by atoms with E-state index < -0.39 is 0 Å². The first-order chi connectivity index (χ1) is 17.1. The van der Waals surface area contributed by atoms with Crippen LogP contribution >= 0.6 is 0 Å². The van der Waals surface area contributed by atoms with Crippen molar-refractivity contribution >= 4 is 11.4 Å². The Bertz CT molecular complexity index is 987. The van der Waals surface area contributed by atoms with Crippen molar-refractivity contribution in [1.82, 2.24) is 0 Å². The van der Waals surface area contributed by atoms with Crippen LogP contribution in [0.3, 0.4) is 0 Å². The first-order valence-corrected chi connectivity index (χ1v) is 15.4. The molecule has 1 heterocycles. The summed E-state index contributed by atoms with van der Waals surface area (Å²) >= 11 is 1.62. The second-order valence-electron chi connectivity index (χ2n) is 9.45. The molecule has 194 valence electrons. The summed E-state index contributed by atoms with van der Waals surface area (Å²) < 4.78 is 1.44. The number of hydrogen-bond acceptors (Lipinski definition) is 0. The third-order valence-corrected chi connectivity index (χ3v) is 6.42. The van der Waals surface area contributed by atoms with E-state index in [0.29, 0.717) is 0 Å². The van der Waals surface area contributed by atoms with Gasteiger partial charge in [-0.2, -0.15) is 0 Å². The number of rotatable bonds is 13. The summed E-state index contributed by atoms with van der Waals surface area (Å²) in [4.78, 5) is 0. The van der Waals surface area contributed by atoms with Crippen molar-refractivity contribution in [1.29, 1.82) is 0 Å². The Kier molecular flexibility index (Phi) is 13.9. The van der Waals surface area contributed by atoms with Gasteiger partial charge in [0.15, 0.2) is 0 Å². The standard InChI is InChI=1S/C30H40N2.2CH3.Ni/c1-4-7-10-11-15-25-17-13-20-27(22-25)30-28(18-9-6-3)23-29(32(30)31)26-19-12-16-24(21-26)14-8-5-2;;;/h12-13,16-17,19-23H,4-11,14-15,18H2,1-3H3;2*1H3;. The van der Waals surface area contributed by atoms with Crippen LogP contribution in [0.4, 0.5) is 0 Å². The van der Waals surface area contributed by atoms with E-state index in [1.54, 1.807) is 14.4 Å². The quantitative estimate of drug-likeness (QED) is 0.144. The van der Waals surface area contributed by atoms with Crippen molar-refractivity contribution < 1.29 is 19.1 Å². The summed E-state index contributed by atoms with van der Waals surface area (Å²) in [7, 11) is 0. The Hall–Kier alpha value is -1.99. The van der Waals surface area contributed by atoms with E-state index in [1.165, 1.54) is 59.9 Å². The normalized spacial score (nSPS) is 13.2. The maximum atomic E-state index is 11.3. The van der Waals surface area contributed by atoms with Gasteiger partial charge in [-0.3, -0.25) is 0 Å². The fourth-order valence-electron chi connectivity index (χ4n) is 4.52. The van der Waals surface area contributed by atoms with Crippen molar-refractivity contribution in [2.45, 2.75) is 103 Å². The minimum absolute atomic E-state index is 0.901. The molecule has 0 saturated carbocycles. The van der Waals surface area contributed by atoms with Crippen molar-refractivity contribution in [2.75, 3.05) is 0 Å². The van der Waals surface area contributed by atoms with Crippen LogP contribution in [0.5, 0.6) is 0 Å². The van der Waals surface area contributed by atoms with Gasteiger partial charge in [-0.05, 0) is 73.9 Å². The first-order valence-electron chi connectivity index (χ1n) is 13.4. The molecule has 35 heavy (non-hydrogen) atoms. The fraction of sp³-hybridized carbons (Fsp3) is 0.500. The SMILES string of the molecule is CCCCCCc1cccc(C2=C(CCCC)C=C(c3cccc(CCCC)c3)[N+]2=[N-])c1.[CH3][Ni][CH3]. The molecule has 3 heteroatoms. The van der Waals surface area contributed by atoms with Crippen molar-refractivity contribution in [3.63, 3.8) is 0 Å². The van der Waals surface area contributed by atoms with E-state index in [1.807, 2.05) is 0 Å². The molecule has 0 atom stereocenters. The zero-order chi connectivity index (χ0) is 25.5. The van der Waals surface area contributed by atoms with E-state index in [9.17, 15) is 5.53 Å². The Labute approximate surface area is 221 Å². The number of nitrogens with zero attached hydrogens (tertiary/aromatic N) is 2. The third-order valence-electron chi connectivity index (χ3n) is 6.42. The molecule has 0 radical (unpaired) electrons. The summed E-state index contributed by atoms with van der Waals surface area (Å²) in [6.45, 7) is 6.71. The molecule has 0 spiro atoms. The topological polar surface area (TPSA) is 25.3 Å². The Morgan fingerprint density at radius 2 is 1.23 bits per heavy atom. The molecule has 2 nitrogen and oxygen atoms in total. The molecule has 0 aliphatic carbocycles. The molecule has 0 N–H and O–H groups in total. The van der Waals surface area contributed by atoms with Crippen molar-refractivity contribution in [2.24, 2.45) is 0 Å². The third kappa shape index (κ3) is 9.19. The predicted octanol–water partition coefficient (Wildman–Crippen LogP) is 10.3. The number of aryl methyl sites for hydroxylation is 2. The van der Waals surface area contributed by atoms with Gasteiger partial charge in [-0.15, -0.1) is 0 Å². The molecule has 1 aliphatic rings. The van der Waals surface area contributed by atoms with E-state index in [2.05, 4.69) is 87.2 Å². The van der Waals surface area contributed by atoms with Crippen LogP contribution in [-0.4, -0.2) is 4.70 Å². The molecule has 0 bridgehead atoms. The zero-order valence-corrected chi connectivity index (χ0v) is 23.7. The summed E-state index contributed by atoms with van der Waals surface area (Å²) in [6.07, 6.45) is 15.2. The van der Waals surface area contributed by atoms with Crippen LogP contribution in [0.15, 0.2) is 60.2 Å². The average Bonchev–Trinajstić information content (AvgIpc) is 3.21. The summed E-state index contributed by atoms with van der Waals surface area (Å²) in [5.41, 5.74) is 19.4. The Morgan fingerprint density at radius 1 is 0.686 bits per heavy atom. The molecule has 2 aromatic rings. The predicted molar refractivity (Wildman–Crippen MR) is 149 cm³/mol. The van der Waals surface area contributed by atoms with E-state index in [4.69, 9.17) is 0 Å². The molecular formula is C32H46N2Ni. The number of unbranched alkanes of at least 4 members (excludes halogenated alkanes) is 5. The summed E-state index contributed by atoms with van der Waals surface area (Å²) in [6, 6.07) is 17.5. The van der Waals surface area contributed by atoms with Crippen LogP contribution in [0, 0.1) is 0 Å². The van der Waals surface area contributed by atoms with Crippen LogP contribution in [0.1, 0.15) is 101 Å². The molecular weight excluding hydrogens is 471 g/mol. The fourth-order valence-corrected chi connectivity index (χ4v) is 4.52. The van der Waals surface area contributed by atoms with Gasteiger partial charge >= 0.3 is 26.2 Å². The zero-order valence-electron chi connectivity index (χ0n) is 22.7. The van der Waals surface area contributed by atoms with Crippen LogP contribution < -0.4 is 0 Å². The summed E-state index contributed by atoms with van der Waals surface area (Å²) in [5, 5.41) is 0. The number of benzene rings is 2. The summed E-state index contributed by atoms with van der Waals surface area (Å²) in [5.74, 6) is 4.12. The van der Waals surface area contributed by atoms with Gasteiger partial charge in [-0.1, -0.05) is 77.1 Å². The molecule has 0 amide bonds. The van der Waals surface area contributed by atoms with Crippen molar-refractivity contribution in [3.8, 4) is 0 Å². The van der Waals surface area contributed by atoms with Gasteiger partial charge in [0.05, 0.1) is 0 Å². The first kappa shape index (κ1) is 29.2. The van der Waals surface area contributed by atoms with Gasteiger partial charge in [-0.25, -0.2) is 4.70 Å². The van der Waals surface area contributed by atoms with E-state index in [0.717, 1.165) is 54.6 Å². The second-order valence-corrected chi connectivity index (χ2v) is 10.4. The van der Waals surface area contributed by atoms with E-state index in [-0.39, 0.29) is 0 Å². The molecule has 1 aliphatic heterocycles. The Morgan fingerprint density at radius 3 is 1.86 bits per heavy atom. The van der Waals surface area contributed by atoms with Crippen LogP contribution in [-0.2, 0) is 27.3 Å². The van der Waals surface area contributed by atoms with Gasteiger partial charge in [0, 0.05) is 22.8 Å². The van der Waals surface area contributed by atoms with E-state index >= 15 is 0 Å². The van der Waals surface area contributed by atoms with Crippen LogP contribution in [0.2, 0.25) is 11.8 Å². The number of allylic oxidation sites excluding steroid dienone is 2. The Balaban J connectivity index is 0.00000137. The minimum atomic E-state index is 0.901. The molecule has 0 aromatic heterocycles. The second kappa shape index (κ2) is 16.6. The van der Waals surface area contributed by atoms with Gasteiger partial charge in [0.1, 0.15) is 0 Å². The number of hydrogen-bond donors (Lipinski definition) is 0. The molecule has 3 rings (SSSR count). The van der Waals surface area contributed by atoms with Gasteiger partial charge in [0.25, 0.3) is 0 Å². The average molecular weight is 517 g/mol. The monoisotopic (exact) mass is 516 g/mol. The van der Waals surface area contributed by atoms with Crippen molar-refractivity contribution in [3.05, 3.63) is 88.0 Å². The molecule has 0 fully saturated rings. The molecule has 2 aromatic carbocycles. The maximum absolute atomic E-state index is 11.3.